The number of benzene rings is 1. The molecule has 9 heteroatoms. The first-order valence-corrected chi connectivity index (χ1v) is 10.3. The van der Waals surface area contributed by atoms with Crippen LogP contribution in [0.4, 0.5) is 5.69 Å². The smallest absolute Gasteiger partial charge is 0.294 e. The molecular weight excluding hydrogens is 390 g/mol. The lowest BCUT2D eigenvalue weighted by Gasteiger charge is -2.26. The Labute approximate surface area is 171 Å². The van der Waals surface area contributed by atoms with Gasteiger partial charge in [-0.15, -0.1) is 11.3 Å². The number of nitro groups is 1. The highest BCUT2D eigenvalue weighted by Crippen LogP contribution is 2.28. The molecule has 4 rings (SSSR count). The van der Waals surface area contributed by atoms with E-state index in [0.717, 1.165) is 25.9 Å². The molecule has 0 spiro atoms. The number of carbonyl (C=O) groups excluding carboxylic acids is 1. The van der Waals surface area contributed by atoms with E-state index in [-0.39, 0.29) is 23.2 Å². The van der Waals surface area contributed by atoms with Gasteiger partial charge in [0.25, 0.3) is 11.6 Å². The van der Waals surface area contributed by atoms with Crippen LogP contribution >= 0.6 is 11.3 Å². The van der Waals surface area contributed by atoms with E-state index in [2.05, 4.69) is 21.3 Å². The number of nitrogens with one attached hydrogen (secondary N) is 1. The van der Waals surface area contributed by atoms with Crippen LogP contribution in [0.15, 0.2) is 54.4 Å². The first-order chi connectivity index (χ1) is 14.1. The lowest BCUT2D eigenvalue weighted by molar-refractivity contribution is -0.384. The van der Waals surface area contributed by atoms with Crippen molar-refractivity contribution in [3.05, 3.63) is 75.0 Å². The number of imidazole rings is 1. The molecule has 0 bridgehead atoms. The summed E-state index contributed by atoms with van der Waals surface area (Å²) in [5.41, 5.74) is 0.509. The molecule has 0 aliphatic carbocycles. The number of thiophene rings is 1. The number of rotatable bonds is 7. The summed E-state index contributed by atoms with van der Waals surface area (Å²) in [6, 6.07) is 8.73. The van der Waals surface area contributed by atoms with E-state index in [1.165, 1.54) is 17.3 Å². The van der Waals surface area contributed by atoms with E-state index in [9.17, 15) is 14.9 Å². The van der Waals surface area contributed by atoms with Crippen molar-refractivity contribution in [2.45, 2.75) is 18.9 Å². The molecule has 1 unspecified atom stereocenters. The third-order valence-corrected chi connectivity index (χ3v) is 6.10. The van der Waals surface area contributed by atoms with Gasteiger partial charge in [0.05, 0.1) is 17.3 Å². The molecule has 1 N–H and O–H groups in total. The number of likely N-dealkylation sites (tertiary alicyclic amines) is 1. The van der Waals surface area contributed by atoms with Crippen molar-refractivity contribution in [1.29, 1.82) is 0 Å². The van der Waals surface area contributed by atoms with Crippen molar-refractivity contribution in [2.75, 3.05) is 19.6 Å². The Balaban J connectivity index is 1.52. The van der Waals surface area contributed by atoms with Gasteiger partial charge >= 0.3 is 0 Å². The Morgan fingerprint density at radius 3 is 2.79 bits per heavy atom. The number of nitrogens with zero attached hydrogens (tertiary/aromatic N) is 4. The van der Waals surface area contributed by atoms with Crippen molar-refractivity contribution < 1.29 is 9.72 Å². The first kappa shape index (κ1) is 19.3. The average Bonchev–Trinajstić information content (AvgIpc) is 3.51. The molecule has 150 valence electrons. The van der Waals surface area contributed by atoms with Gasteiger partial charge in [0.15, 0.2) is 0 Å². The van der Waals surface area contributed by atoms with E-state index in [4.69, 9.17) is 0 Å². The molecule has 1 aliphatic heterocycles. The quantitative estimate of drug-likeness (QED) is 0.475. The molecule has 1 aromatic carbocycles. The summed E-state index contributed by atoms with van der Waals surface area (Å²) in [5, 5.41) is 16.5. The summed E-state index contributed by atoms with van der Waals surface area (Å²) >= 11 is 1.68. The Morgan fingerprint density at radius 1 is 1.31 bits per heavy atom. The Morgan fingerprint density at radius 2 is 2.14 bits per heavy atom. The normalized spacial score (nSPS) is 15.3. The topological polar surface area (TPSA) is 93.3 Å². The van der Waals surface area contributed by atoms with E-state index < -0.39 is 4.92 Å². The van der Waals surface area contributed by atoms with Gasteiger partial charge in [0.2, 0.25) is 0 Å². The molecule has 3 aromatic rings. The zero-order chi connectivity index (χ0) is 20.2. The average molecular weight is 411 g/mol. The van der Waals surface area contributed by atoms with Gasteiger partial charge in [0.1, 0.15) is 5.69 Å². The van der Waals surface area contributed by atoms with Gasteiger partial charge in [-0.1, -0.05) is 6.07 Å². The fourth-order valence-corrected chi connectivity index (χ4v) is 4.53. The largest absolute Gasteiger partial charge is 0.350 e. The van der Waals surface area contributed by atoms with Gasteiger partial charge in [0, 0.05) is 35.4 Å². The van der Waals surface area contributed by atoms with Crippen LogP contribution in [0.1, 0.15) is 34.1 Å². The van der Waals surface area contributed by atoms with Crippen LogP contribution < -0.4 is 5.32 Å². The SMILES string of the molecule is O=C(NCC(c1cccs1)N1CCCC1)c1ccc(-n2ccnc2)c([N+](=O)[O-])c1. The highest BCUT2D eigenvalue weighted by atomic mass is 32.1. The standard InChI is InChI=1S/C20H21N5O3S/c26-20(22-13-18(19-4-3-11-29-19)23-8-1-2-9-23)15-5-6-16(17(12-15)25(27)28)24-10-7-21-14-24/h3-7,10-12,14,18H,1-2,8-9,13H2,(H,22,26). The lowest BCUT2D eigenvalue weighted by atomic mass is 10.1. The predicted octanol–water partition coefficient (Wildman–Crippen LogP) is 3.41. The van der Waals surface area contributed by atoms with E-state index in [1.54, 1.807) is 40.4 Å². The van der Waals surface area contributed by atoms with Gasteiger partial charge in [-0.25, -0.2) is 4.98 Å². The maximum atomic E-state index is 12.7. The van der Waals surface area contributed by atoms with E-state index in [1.807, 2.05) is 11.4 Å². The van der Waals surface area contributed by atoms with Crippen molar-refractivity contribution >= 4 is 22.9 Å². The number of nitro benzene ring substituents is 1. The van der Waals surface area contributed by atoms with Crippen LogP contribution in [-0.4, -0.2) is 44.9 Å². The molecule has 1 aliphatic rings. The maximum Gasteiger partial charge on any atom is 0.294 e. The number of aromatic nitrogens is 2. The first-order valence-electron chi connectivity index (χ1n) is 9.46. The van der Waals surface area contributed by atoms with E-state index >= 15 is 0 Å². The van der Waals surface area contributed by atoms with E-state index in [0.29, 0.717) is 12.2 Å². The fraction of sp³-hybridized carbons (Fsp3) is 0.300. The monoisotopic (exact) mass is 411 g/mol. The molecule has 0 radical (unpaired) electrons. The second kappa shape index (κ2) is 8.54. The summed E-state index contributed by atoms with van der Waals surface area (Å²) in [6.07, 6.45) is 7.00. The molecule has 1 atom stereocenters. The maximum absolute atomic E-state index is 12.7. The highest BCUT2D eigenvalue weighted by molar-refractivity contribution is 7.10. The van der Waals surface area contributed by atoms with Gasteiger partial charge in [-0.05, 0) is 49.5 Å². The summed E-state index contributed by atoms with van der Waals surface area (Å²) in [7, 11) is 0. The van der Waals surface area contributed by atoms with Crippen LogP contribution in [0.3, 0.4) is 0 Å². The van der Waals surface area contributed by atoms with Crippen molar-refractivity contribution in [3.8, 4) is 5.69 Å². The predicted molar refractivity (Wildman–Crippen MR) is 110 cm³/mol. The fourth-order valence-electron chi connectivity index (χ4n) is 3.67. The van der Waals surface area contributed by atoms with Crippen molar-refractivity contribution in [2.24, 2.45) is 0 Å². The molecular formula is C20H21N5O3S. The van der Waals surface area contributed by atoms with Crippen LogP contribution in [-0.2, 0) is 0 Å². The molecule has 29 heavy (non-hydrogen) atoms. The molecule has 8 nitrogen and oxygen atoms in total. The molecule has 2 aromatic heterocycles. The number of amides is 1. The van der Waals surface area contributed by atoms with Crippen LogP contribution in [0, 0.1) is 10.1 Å². The molecule has 0 saturated carbocycles. The second-order valence-electron chi connectivity index (χ2n) is 6.91. The molecule has 1 saturated heterocycles. The zero-order valence-corrected chi connectivity index (χ0v) is 16.5. The third-order valence-electron chi connectivity index (χ3n) is 5.13. The third kappa shape index (κ3) is 4.20. The Kier molecular flexibility index (Phi) is 5.68. The zero-order valence-electron chi connectivity index (χ0n) is 15.7. The lowest BCUT2D eigenvalue weighted by Crippen LogP contribution is -2.36. The van der Waals surface area contributed by atoms with Gasteiger partial charge in [-0.3, -0.25) is 19.8 Å². The summed E-state index contributed by atoms with van der Waals surface area (Å²) in [5.74, 6) is -0.314. The second-order valence-corrected chi connectivity index (χ2v) is 7.89. The summed E-state index contributed by atoms with van der Waals surface area (Å²) in [6.45, 7) is 2.50. The molecule has 1 fully saturated rings. The minimum Gasteiger partial charge on any atom is -0.350 e. The number of carbonyl (C=O) groups is 1. The van der Waals surface area contributed by atoms with Gasteiger partial charge in [-0.2, -0.15) is 0 Å². The molecule has 1 amide bonds. The summed E-state index contributed by atoms with van der Waals surface area (Å²) < 4.78 is 1.56. The van der Waals surface area contributed by atoms with Gasteiger partial charge < -0.3 is 9.88 Å². The Bertz CT molecular complexity index is 982. The Hall–Kier alpha value is -3.04. The molecule has 3 heterocycles. The van der Waals surface area contributed by atoms with Crippen molar-refractivity contribution in [3.63, 3.8) is 0 Å². The minimum atomic E-state index is -0.481. The summed E-state index contributed by atoms with van der Waals surface area (Å²) in [4.78, 5) is 31.3. The van der Waals surface area contributed by atoms with Crippen LogP contribution in [0.25, 0.3) is 5.69 Å². The number of hydrogen-bond donors (Lipinski definition) is 1. The van der Waals surface area contributed by atoms with Crippen LogP contribution in [0.5, 0.6) is 0 Å². The number of hydrogen-bond acceptors (Lipinski definition) is 6. The van der Waals surface area contributed by atoms with Crippen LogP contribution in [0.2, 0.25) is 0 Å². The van der Waals surface area contributed by atoms with Crippen molar-refractivity contribution in [1.82, 2.24) is 19.8 Å². The minimum absolute atomic E-state index is 0.127. The highest BCUT2D eigenvalue weighted by Gasteiger charge is 2.25.